The molecule has 0 spiro atoms. The van der Waals surface area contributed by atoms with E-state index in [0.717, 1.165) is 26.3 Å². The zero-order valence-electron chi connectivity index (χ0n) is 24.8. The Hall–Kier alpha value is -3.37. The molecule has 0 saturated carbocycles. The molecule has 8 nitrogen and oxygen atoms in total. The number of aryl methyl sites for hydroxylation is 1. The van der Waals surface area contributed by atoms with Gasteiger partial charge >= 0.3 is 0 Å². The summed E-state index contributed by atoms with van der Waals surface area (Å²) in [6.45, 7) is 9.68. The fraction of sp³-hybridized carbons (Fsp3) is 0.375. The van der Waals surface area contributed by atoms with Crippen LogP contribution in [0, 0.1) is 6.92 Å². The number of nitrogens with one attached hydrogen (secondary N) is 1. The van der Waals surface area contributed by atoms with Gasteiger partial charge in [0.05, 0.1) is 17.2 Å². The van der Waals surface area contributed by atoms with Crippen molar-refractivity contribution in [2.75, 3.05) is 17.5 Å². The van der Waals surface area contributed by atoms with Crippen molar-refractivity contribution in [2.45, 2.75) is 71.0 Å². The lowest BCUT2D eigenvalue weighted by atomic mass is 10.1. The van der Waals surface area contributed by atoms with E-state index in [4.69, 9.17) is 4.74 Å². The topological polar surface area (TPSA) is 96.0 Å². The number of ether oxygens (including phenoxy) is 1. The standard InChI is InChI=1S/C32H40BrN3O5S/c1-6-24(5)34-32(38)30(7-2)35(21-25-12-10-9-11-23(25)4)31(37)22-36(27-15-17-28(18-16-27)41-8-3)42(39,40)29-19-13-26(33)14-20-29/h9-20,24,30H,6-8,21-22H2,1-5H3,(H,34,38). The van der Waals surface area contributed by atoms with Gasteiger partial charge in [-0.3, -0.25) is 13.9 Å². The molecular weight excluding hydrogens is 618 g/mol. The molecule has 3 rings (SSSR count). The number of anilines is 1. The number of rotatable bonds is 14. The van der Waals surface area contributed by atoms with Crippen LogP contribution in [0.15, 0.2) is 82.2 Å². The molecule has 0 aliphatic carbocycles. The maximum Gasteiger partial charge on any atom is 0.264 e. The Morgan fingerprint density at radius 1 is 0.929 bits per heavy atom. The molecule has 3 aromatic carbocycles. The van der Waals surface area contributed by atoms with Crippen molar-refractivity contribution in [2.24, 2.45) is 0 Å². The lowest BCUT2D eigenvalue weighted by molar-refractivity contribution is -0.140. The van der Waals surface area contributed by atoms with Crippen molar-refractivity contribution in [3.63, 3.8) is 0 Å². The first kappa shape index (κ1) is 33.1. The van der Waals surface area contributed by atoms with E-state index in [2.05, 4.69) is 21.2 Å². The summed E-state index contributed by atoms with van der Waals surface area (Å²) in [5.74, 6) is -0.168. The first-order chi connectivity index (χ1) is 20.0. The van der Waals surface area contributed by atoms with Crippen LogP contribution in [0.3, 0.4) is 0 Å². The predicted octanol–water partition coefficient (Wildman–Crippen LogP) is 6.07. The summed E-state index contributed by atoms with van der Waals surface area (Å²) in [4.78, 5) is 29.2. The molecule has 0 radical (unpaired) electrons. The van der Waals surface area contributed by atoms with Gasteiger partial charge in [0.25, 0.3) is 10.0 Å². The minimum atomic E-state index is -4.16. The van der Waals surface area contributed by atoms with Crippen LogP contribution in [0.1, 0.15) is 51.7 Å². The van der Waals surface area contributed by atoms with Crippen LogP contribution < -0.4 is 14.4 Å². The molecule has 0 aliphatic heterocycles. The Labute approximate surface area is 258 Å². The fourth-order valence-electron chi connectivity index (χ4n) is 4.47. The average molecular weight is 659 g/mol. The van der Waals surface area contributed by atoms with Crippen LogP contribution in [0.2, 0.25) is 0 Å². The van der Waals surface area contributed by atoms with E-state index in [0.29, 0.717) is 24.5 Å². The molecule has 42 heavy (non-hydrogen) atoms. The molecule has 226 valence electrons. The first-order valence-electron chi connectivity index (χ1n) is 14.2. The van der Waals surface area contributed by atoms with Crippen molar-refractivity contribution < 1.29 is 22.7 Å². The summed E-state index contributed by atoms with van der Waals surface area (Å²) in [5, 5.41) is 3.00. The zero-order chi connectivity index (χ0) is 30.9. The van der Waals surface area contributed by atoms with E-state index in [1.165, 1.54) is 17.0 Å². The summed E-state index contributed by atoms with van der Waals surface area (Å²) in [6.07, 6.45) is 1.10. The lowest BCUT2D eigenvalue weighted by Crippen LogP contribution is -2.53. The molecule has 0 aliphatic rings. The number of nitrogens with zero attached hydrogens (tertiary/aromatic N) is 2. The number of halogens is 1. The molecular formula is C32H40BrN3O5S. The van der Waals surface area contributed by atoms with Crippen molar-refractivity contribution in [1.82, 2.24) is 10.2 Å². The lowest BCUT2D eigenvalue weighted by Gasteiger charge is -2.34. The molecule has 3 aromatic rings. The van der Waals surface area contributed by atoms with Crippen molar-refractivity contribution in [3.8, 4) is 5.75 Å². The molecule has 2 atom stereocenters. The van der Waals surface area contributed by atoms with E-state index in [9.17, 15) is 18.0 Å². The van der Waals surface area contributed by atoms with E-state index in [1.807, 2.05) is 58.9 Å². The average Bonchev–Trinajstić information content (AvgIpc) is 2.97. The van der Waals surface area contributed by atoms with Gasteiger partial charge in [-0.2, -0.15) is 0 Å². The van der Waals surface area contributed by atoms with Crippen LogP contribution in [0.4, 0.5) is 5.69 Å². The Bertz CT molecular complexity index is 1450. The zero-order valence-corrected chi connectivity index (χ0v) is 27.2. The summed E-state index contributed by atoms with van der Waals surface area (Å²) in [5.41, 5.74) is 2.16. The number of benzene rings is 3. The van der Waals surface area contributed by atoms with Gasteiger partial charge in [-0.15, -0.1) is 0 Å². The molecule has 0 saturated heterocycles. The molecule has 0 fully saturated rings. The summed E-state index contributed by atoms with van der Waals surface area (Å²) >= 11 is 3.35. The summed E-state index contributed by atoms with van der Waals surface area (Å²) < 4.78 is 35.4. The molecule has 0 bridgehead atoms. The van der Waals surface area contributed by atoms with Gasteiger partial charge in [0.15, 0.2) is 0 Å². The van der Waals surface area contributed by atoms with Gasteiger partial charge in [0.2, 0.25) is 11.8 Å². The number of carbonyl (C=O) groups is 2. The highest BCUT2D eigenvalue weighted by Crippen LogP contribution is 2.28. The third-order valence-corrected chi connectivity index (χ3v) is 9.42. The Balaban J connectivity index is 2.07. The second-order valence-corrected chi connectivity index (χ2v) is 12.9. The Kier molecular flexibility index (Phi) is 12.0. The second-order valence-electron chi connectivity index (χ2n) is 10.1. The largest absolute Gasteiger partial charge is 0.494 e. The van der Waals surface area contributed by atoms with Gasteiger partial charge in [-0.05, 0) is 93.3 Å². The minimum absolute atomic E-state index is 0.0411. The number of sulfonamides is 1. The maximum atomic E-state index is 14.2. The molecule has 0 aromatic heterocycles. The molecule has 0 heterocycles. The minimum Gasteiger partial charge on any atom is -0.494 e. The van der Waals surface area contributed by atoms with Crippen molar-refractivity contribution in [3.05, 3.63) is 88.4 Å². The fourth-order valence-corrected chi connectivity index (χ4v) is 6.15. The van der Waals surface area contributed by atoms with Gasteiger partial charge in [0.1, 0.15) is 18.3 Å². The van der Waals surface area contributed by atoms with Gasteiger partial charge in [0, 0.05) is 17.1 Å². The monoisotopic (exact) mass is 657 g/mol. The van der Waals surface area contributed by atoms with E-state index in [1.54, 1.807) is 36.4 Å². The highest BCUT2D eigenvalue weighted by Gasteiger charge is 2.34. The van der Waals surface area contributed by atoms with Gasteiger partial charge in [-0.25, -0.2) is 8.42 Å². The van der Waals surface area contributed by atoms with Crippen LogP contribution in [-0.4, -0.2) is 50.4 Å². The summed E-state index contributed by atoms with van der Waals surface area (Å²) in [6, 6.07) is 19.6. The van der Waals surface area contributed by atoms with Gasteiger partial charge in [-0.1, -0.05) is 54.0 Å². The van der Waals surface area contributed by atoms with Crippen molar-refractivity contribution >= 4 is 43.5 Å². The van der Waals surface area contributed by atoms with Crippen LogP contribution in [0.5, 0.6) is 5.75 Å². The van der Waals surface area contributed by atoms with Crippen molar-refractivity contribution in [1.29, 1.82) is 0 Å². The molecule has 1 N–H and O–H groups in total. The summed E-state index contributed by atoms with van der Waals surface area (Å²) in [7, 11) is -4.16. The second kappa shape index (κ2) is 15.2. The SMILES string of the molecule is CCOc1ccc(N(CC(=O)N(Cc2ccccc2C)C(CC)C(=O)NC(C)CC)S(=O)(=O)c2ccc(Br)cc2)cc1. The number of amides is 2. The number of hydrogen-bond acceptors (Lipinski definition) is 5. The maximum absolute atomic E-state index is 14.2. The van der Waals surface area contributed by atoms with Gasteiger partial charge < -0.3 is 15.0 Å². The first-order valence-corrected chi connectivity index (χ1v) is 16.4. The van der Waals surface area contributed by atoms with Crippen LogP contribution in [0.25, 0.3) is 0 Å². The third kappa shape index (κ3) is 8.35. The Morgan fingerprint density at radius 2 is 1.57 bits per heavy atom. The predicted molar refractivity (Wildman–Crippen MR) is 170 cm³/mol. The highest BCUT2D eigenvalue weighted by molar-refractivity contribution is 9.10. The smallest absolute Gasteiger partial charge is 0.264 e. The van der Waals surface area contributed by atoms with Crippen LogP contribution in [-0.2, 0) is 26.2 Å². The quantitative estimate of drug-likeness (QED) is 0.227. The molecule has 2 unspecified atom stereocenters. The molecule has 2 amide bonds. The van der Waals surface area contributed by atoms with E-state index in [-0.39, 0.29) is 23.4 Å². The van der Waals surface area contributed by atoms with E-state index >= 15 is 0 Å². The number of hydrogen-bond donors (Lipinski definition) is 1. The van der Waals surface area contributed by atoms with Crippen LogP contribution >= 0.6 is 15.9 Å². The Morgan fingerprint density at radius 3 is 2.14 bits per heavy atom. The molecule has 10 heteroatoms. The normalized spacial score (nSPS) is 12.7. The third-order valence-electron chi connectivity index (χ3n) is 7.11. The number of carbonyl (C=O) groups excluding carboxylic acids is 2. The van der Waals surface area contributed by atoms with E-state index < -0.39 is 28.5 Å². The highest BCUT2D eigenvalue weighted by atomic mass is 79.9.